The maximum absolute atomic E-state index is 12.9. The molecule has 1 fully saturated rings. The second-order valence-electron chi connectivity index (χ2n) is 6.50. The topological polar surface area (TPSA) is 104 Å². The Labute approximate surface area is 183 Å². The molecule has 1 aliphatic rings. The Balaban J connectivity index is 1.72. The number of benzene rings is 1. The number of esters is 1. The zero-order valence-corrected chi connectivity index (χ0v) is 18.0. The molecule has 10 heteroatoms. The zero-order valence-electron chi connectivity index (χ0n) is 16.3. The van der Waals surface area contributed by atoms with E-state index >= 15 is 0 Å². The van der Waals surface area contributed by atoms with Crippen LogP contribution in [0.1, 0.15) is 18.2 Å². The first-order valence-corrected chi connectivity index (χ1v) is 10.3. The van der Waals surface area contributed by atoms with Crippen LogP contribution in [0.4, 0.5) is 0 Å². The molecule has 1 aromatic carbocycles. The summed E-state index contributed by atoms with van der Waals surface area (Å²) in [6.07, 6.45) is 4.95. The van der Waals surface area contributed by atoms with Crippen LogP contribution >= 0.6 is 24.0 Å². The molecule has 1 aromatic heterocycles. The van der Waals surface area contributed by atoms with Crippen molar-refractivity contribution in [1.82, 2.24) is 20.2 Å². The first-order valence-electron chi connectivity index (χ1n) is 9.08. The van der Waals surface area contributed by atoms with Gasteiger partial charge in [-0.25, -0.2) is 9.78 Å². The average molecular weight is 445 g/mol. The van der Waals surface area contributed by atoms with E-state index in [1.807, 2.05) is 30.3 Å². The van der Waals surface area contributed by atoms with E-state index in [0.29, 0.717) is 10.6 Å². The van der Waals surface area contributed by atoms with Gasteiger partial charge in [0.25, 0.3) is 5.91 Å². The van der Waals surface area contributed by atoms with E-state index in [2.05, 4.69) is 15.3 Å². The van der Waals surface area contributed by atoms with Crippen molar-refractivity contribution in [2.24, 2.45) is 0 Å². The monoisotopic (exact) mass is 444 g/mol. The molecule has 8 nitrogen and oxygen atoms in total. The number of thioether (sulfide) groups is 1. The molecule has 30 heavy (non-hydrogen) atoms. The summed E-state index contributed by atoms with van der Waals surface area (Å²) in [4.78, 5) is 46.3. The Morgan fingerprint density at radius 2 is 2.10 bits per heavy atom. The number of hydrogen-bond acceptors (Lipinski definition) is 7. The smallest absolute Gasteiger partial charge is 0.328 e. The minimum atomic E-state index is -0.927. The van der Waals surface area contributed by atoms with E-state index in [1.165, 1.54) is 18.3 Å². The second kappa shape index (κ2) is 9.68. The molecule has 1 saturated heterocycles. The van der Waals surface area contributed by atoms with Crippen LogP contribution < -0.4 is 5.32 Å². The fourth-order valence-electron chi connectivity index (χ4n) is 2.88. The Kier molecular flexibility index (Phi) is 7.01. The fourth-order valence-corrected chi connectivity index (χ4v) is 4.29. The van der Waals surface area contributed by atoms with Crippen LogP contribution in [0.15, 0.2) is 47.8 Å². The lowest BCUT2D eigenvalue weighted by atomic mass is 10.1. The van der Waals surface area contributed by atoms with Crippen LogP contribution in [0, 0.1) is 0 Å². The summed E-state index contributed by atoms with van der Waals surface area (Å²) < 4.78 is 5.07. The lowest BCUT2D eigenvalue weighted by molar-refractivity contribution is -0.145. The molecule has 2 heterocycles. The SMILES string of the molecule is COC(=O)C(Cc1cnc[nH]1)NC(=O)C(C)N1C(=O)C(=Cc2ccccc2)SC1=S. The maximum Gasteiger partial charge on any atom is 0.328 e. The van der Waals surface area contributed by atoms with E-state index < -0.39 is 24.0 Å². The first kappa shape index (κ1) is 21.7. The van der Waals surface area contributed by atoms with Gasteiger partial charge in [0.05, 0.1) is 18.3 Å². The van der Waals surface area contributed by atoms with E-state index in [1.54, 1.807) is 19.2 Å². The van der Waals surface area contributed by atoms with Crippen LogP contribution in [-0.2, 0) is 25.5 Å². The lowest BCUT2D eigenvalue weighted by Gasteiger charge is -2.24. The molecule has 2 amide bonds. The molecular weight excluding hydrogens is 424 g/mol. The van der Waals surface area contributed by atoms with Gasteiger partial charge in [0, 0.05) is 18.3 Å². The number of amides is 2. The molecule has 1 aliphatic heterocycles. The van der Waals surface area contributed by atoms with Gasteiger partial charge in [-0.05, 0) is 18.6 Å². The van der Waals surface area contributed by atoms with E-state index in [-0.39, 0.29) is 16.6 Å². The van der Waals surface area contributed by atoms with Crippen LogP contribution in [0.2, 0.25) is 0 Å². The number of hydrogen-bond donors (Lipinski definition) is 2. The number of methoxy groups -OCH3 is 1. The van der Waals surface area contributed by atoms with Gasteiger partial charge in [0.1, 0.15) is 16.4 Å². The first-order chi connectivity index (χ1) is 14.4. The van der Waals surface area contributed by atoms with Gasteiger partial charge in [-0.1, -0.05) is 54.3 Å². The molecule has 3 rings (SSSR count). The second-order valence-corrected chi connectivity index (χ2v) is 8.18. The number of aromatic amines is 1. The predicted molar refractivity (Wildman–Crippen MR) is 117 cm³/mol. The largest absolute Gasteiger partial charge is 0.467 e. The standard InChI is InChI=1S/C20H20N4O4S2/c1-12(17(25)23-15(19(27)28-2)9-14-10-21-11-22-14)24-18(26)16(30-20(24)29)8-13-6-4-3-5-7-13/h3-8,10-12,15H,9H2,1-2H3,(H,21,22)(H,23,25). The van der Waals surface area contributed by atoms with Crippen molar-refractivity contribution in [3.63, 3.8) is 0 Å². The normalized spacial score (nSPS) is 17.1. The third-order valence-electron chi connectivity index (χ3n) is 4.47. The van der Waals surface area contributed by atoms with E-state index in [0.717, 1.165) is 17.3 Å². The molecule has 2 atom stereocenters. The molecule has 0 saturated carbocycles. The summed E-state index contributed by atoms with van der Waals surface area (Å²) in [6, 6.07) is 7.55. The number of aromatic nitrogens is 2. The van der Waals surface area contributed by atoms with Crippen molar-refractivity contribution < 1.29 is 19.1 Å². The molecule has 2 unspecified atom stereocenters. The number of carbonyl (C=O) groups is 3. The number of thiocarbonyl (C=S) groups is 1. The lowest BCUT2D eigenvalue weighted by Crippen LogP contribution is -2.52. The summed E-state index contributed by atoms with van der Waals surface area (Å²) in [5.41, 5.74) is 1.52. The third kappa shape index (κ3) is 4.95. The number of H-pyrrole nitrogens is 1. The van der Waals surface area contributed by atoms with Gasteiger partial charge in [0.2, 0.25) is 5.91 Å². The minimum Gasteiger partial charge on any atom is -0.467 e. The Morgan fingerprint density at radius 3 is 2.73 bits per heavy atom. The van der Waals surface area contributed by atoms with E-state index in [4.69, 9.17) is 17.0 Å². The Morgan fingerprint density at radius 1 is 1.37 bits per heavy atom. The van der Waals surface area contributed by atoms with Gasteiger partial charge in [0.15, 0.2) is 0 Å². The van der Waals surface area contributed by atoms with Gasteiger partial charge in [-0.15, -0.1) is 0 Å². The predicted octanol–water partition coefficient (Wildman–Crippen LogP) is 1.90. The quantitative estimate of drug-likeness (QED) is 0.382. The van der Waals surface area contributed by atoms with Gasteiger partial charge in [-0.3, -0.25) is 14.5 Å². The summed E-state index contributed by atoms with van der Waals surface area (Å²) in [6.45, 7) is 1.57. The van der Waals surface area contributed by atoms with Crippen molar-refractivity contribution in [2.45, 2.75) is 25.4 Å². The highest BCUT2D eigenvalue weighted by Gasteiger charge is 2.39. The molecule has 156 valence electrons. The number of ether oxygens (including phenoxy) is 1. The van der Waals surface area contributed by atoms with Crippen LogP contribution in [0.3, 0.4) is 0 Å². The van der Waals surface area contributed by atoms with Crippen molar-refractivity contribution in [3.05, 3.63) is 59.0 Å². The number of nitrogens with one attached hydrogen (secondary N) is 2. The molecule has 0 radical (unpaired) electrons. The molecule has 2 aromatic rings. The molecule has 0 spiro atoms. The van der Waals surface area contributed by atoms with Crippen molar-refractivity contribution in [1.29, 1.82) is 0 Å². The highest BCUT2D eigenvalue weighted by Crippen LogP contribution is 2.34. The number of rotatable bonds is 7. The van der Waals surface area contributed by atoms with E-state index in [9.17, 15) is 14.4 Å². The fraction of sp³-hybridized carbons (Fsp3) is 0.250. The molecule has 0 bridgehead atoms. The Bertz CT molecular complexity index is 976. The van der Waals surface area contributed by atoms with Gasteiger partial charge >= 0.3 is 5.97 Å². The minimum absolute atomic E-state index is 0.178. The van der Waals surface area contributed by atoms with Crippen molar-refractivity contribution in [3.8, 4) is 0 Å². The molecular formula is C20H20N4O4S2. The van der Waals surface area contributed by atoms with Crippen LogP contribution in [-0.4, -0.2) is 56.2 Å². The Hall–Kier alpha value is -2.98. The average Bonchev–Trinajstić information content (AvgIpc) is 3.35. The summed E-state index contributed by atoms with van der Waals surface area (Å²) >= 11 is 6.47. The number of nitrogens with zero attached hydrogens (tertiary/aromatic N) is 2. The highest BCUT2D eigenvalue weighted by atomic mass is 32.2. The summed E-state index contributed by atoms with van der Waals surface area (Å²) in [5.74, 6) is -1.46. The van der Waals surface area contributed by atoms with Crippen molar-refractivity contribution >= 4 is 52.2 Å². The molecule has 2 N–H and O–H groups in total. The molecule has 0 aliphatic carbocycles. The maximum atomic E-state index is 12.9. The van der Waals surface area contributed by atoms with Crippen LogP contribution in [0.25, 0.3) is 6.08 Å². The van der Waals surface area contributed by atoms with Crippen LogP contribution in [0.5, 0.6) is 0 Å². The summed E-state index contributed by atoms with van der Waals surface area (Å²) in [7, 11) is 1.24. The number of imidazole rings is 1. The van der Waals surface area contributed by atoms with Gasteiger partial charge in [-0.2, -0.15) is 0 Å². The zero-order chi connectivity index (χ0) is 21.7. The third-order valence-corrected chi connectivity index (χ3v) is 5.80. The van der Waals surface area contributed by atoms with Gasteiger partial charge < -0.3 is 15.0 Å². The highest BCUT2D eigenvalue weighted by molar-refractivity contribution is 8.26. The number of carbonyl (C=O) groups excluding carboxylic acids is 3. The summed E-state index contributed by atoms with van der Waals surface area (Å²) in [5, 5.41) is 2.64. The van der Waals surface area contributed by atoms with Crippen molar-refractivity contribution in [2.75, 3.05) is 7.11 Å².